The molecule has 1 aliphatic heterocycles. The Morgan fingerprint density at radius 3 is 2.76 bits per heavy atom. The van der Waals surface area contributed by atoms with Gasteiger partial charge in [-0.3, -0.25) is 10.00 Å². The van der Waals surface area contributed by atoms with Crippen LogP contribution in [0.1, 0.15) is 18.1 Å². The Kier molecular flexibility index (Phi) is 5.39. The van der Waals surface area contributed by atoms with Crippen LogP contribution in [0.25, 0.3) is 11.3 Å². The lowest BCUT2D eigenvalue weighted by Crippen LogP contribution is -2.48. The fourth-order valence-electron chi connectivity index (χ4n) is 2.80. The molecule has 114 valence electrons. The number of nitrogens with one attached hydrogen (secondary N) is 2. The quantitative estimate of drug-likeness (QED) is 0.916. The van der Waals surface area contributed by atoms with Gasteiger partial charge in [-0.2, -0.15) is 5.10 Å². The summed E-state index contributed by atoms with van der Waals surface area (Å²) in [4.78, 5) is 2.49. The number of H-pyrrole nitrogens is 1. The summed E-state index contributed by atoms with van der Waals surface area (Å²) in [6.07, 6.45) is 1.96. The van der Waals surface area contributed by atoms with Gasteiger partial charge < -0.3 is 5.32 Å². The fraction of sp³-hybridized carbons (Fsp3) is 0.438. The van der Waals surface area contributed by atoms with Crippen molar-refractivity contribution in [3.05, 3.63) is 41.6 Å². The summed E-state index contributed by atoms with van der Waals surface area (Å²) in [5.41, 5.74) is 4.93. The second kappa shape index (κ2) is 7.07. The van der Waals surface area contributed by atoms with Crippen molar-refractivity contribution in [1.82, 2.24) is 20.4 Å². The Morgan fingerprint density at radius 2 is 2.05 bits per heavy atom. The van der Waals surface area contributed by atoms with Crippen LogP contribution in [0.4, 0.5) is 0 Å². The van der Waals surface area contributed by atoms with Crippen LogP contribution in [0, 0.1) is 6.92 Å². The summed E-state index contributed by atoms with van der Waals surface area (Å²) in [6, 6.07) is 9.18. The van der Waals surface area contributed by atoms with Crippen LogP contribution in [-0.4, -0.2) is 40.8 Å². The topological polar surface area (TPSA) is 44.0 Å². The molecule has 1 aromatic carbocycles. The van der Waals surface area contributed by atoms with E-state index in [1.54, 1.807) is 0 Å². The van der Waals surface area contributed by atoms with Crippen LogP contribution in [0.5, 0.6) is 0 Å². The third-order valence-electron chi connectivity index (χ3n) is 3.90. The van der Waals surface area contributed by atoms with Crippen molar-refractivity contribution in [3.63, 3.8) is 0 Å². The van der Waals surface area contributed by atoms with Gasteiger partial charge in [0, 0.05) is 37.8 Å². The van der Waals surface area contributed by atoms with Gasteiger partial charge in [-0.25, -0.2) is 0 Å². The van der Waals surface area contributed by atoms with E-state index in [-0.39, 0.29) is 12.4 Å². The van der Waals surface area contributed by atoms with Gasteiger partial charge in [-0.05, 0) is 19.4 Å². The maximum Gasteiger partial charge on any atom is 0.0695 e. The molecular formula is C16H23ClN4. The summed E-state index contributed by atoms with van der Waals surface area (Å²) in [6.45, 7) is 8.58. The zero-order valence-corrected chi connectivity index (χ0v) is 13.4. The number of rotatable bonds is 3. The molecule has 1 atom stereocenters. The van der Waals surface area contributed by atoms with Crippen molar-refractivity contribution in [2.24, 2.45) is 0 Å². The molecule has 0 aliphatic carbocycles. The first kappa shape index (κ1) is 16.0. The van der Waals surface area contributed by atoms with Crippen molar-refractivity contribution < 1.29 is 0 Å². The smallest absolute Gasteiger partial charge is 0.0695 e. The molecule has 21 heavy (non-hydrogen) atoms. The van der Waals surface area contributed by atoms with Crippen LogP contribution in [0.2, 0.25) is 0 Å². The van der Waals surface area contributed by atoms with Crippen LogP contribution in [0.3, 0.4) is 0 Å². The van der Waals surface area contributed by atoms with Crippen molar-refractivity contribution in [3.8, 4) is 11.3 Å². The van der Waals surface area contributed by atoms with E-state index in [0.29, 0.717) is 6.04 Å². The van der Waals surface area contributed by atoms with Gasteiger partial charge in [0.2, 0.25) is 0 Å². The number of benzene rings is 1. The molecule has 1 unspecified atom stereocenters. The molecule has 3 rings (SSSR count). The lowest BCUT2D eigenvalue weighted by atomic mass is 10.1. The maximum atomic E-state index is 4.24. The SMILES string of the molecule is Cc1ccc(-c2[nH]ncc2CN2CCNC(C)C2)cc1.Cl. The van der Waals surface area contributed by atoms with Crippen molar-refractivity contribution in [2.45, 2.75) is 26.4 Å². The average molecular weight is 307 g/mol. The Morgan fingerprint density at radius 1 is 1.29 bits per heavy atom. The molecule has 1 aromatic heterocycles. The number of halogens is 1. The monoisotopic (exact) mass is 306 g/mol. The van der Waals surface area contributed by atoms with E-state index in [1.165, 1.54) is 16.7 Å². The number of nitrogens with zero attached hydrogens (tertiary/aromatic N) is 2. The van der Waals surface area contributed by atoms with Gasteiger partial charge in [0.25, 0.3) is 0 Å². The second-order valence-electron chi connectivity index (χ2n) is 5.73. The van der Waals surface area contributed by atoms with Crippen LogP contribution in [-0.2, 0) is 6.54 Å². The molecule has 0 amide bonds. The highest BCUT2D eigenvalue weighted by Crippen LogP contribution is 2.23. The van der Waals surface area contributed by atoms with E-state index in [9.17, 15) is 0 Å². The van der Waals surface area contributed by atoms with Gasteiger partial charge in [-0.1, -0.05) is 29.8 Å². The van der Waals surface area contributed by atoms with E-state index in [0.717, 1.165) is 31.9 Å². The molecule has 1 saturated heterocycles. The average Bonchev–Trinajstić information content (AvgIpc) is 2.88. The first-order chi connectivity index (χ1) is 9.72. The lowest BCUT2D eigenvalue weighted by Gasteiger charge is -2.31. The molecular weight excluding hydrogens is 284 g/mol. The molecule has 1 aliphatic rings. The maximum absolute atomic E-state index is 4.24. The molecule has 0 saturated carbocycles. The number of aryl methyl sites for hydroxylation is 1. The molecule has 0 bridgehead atoms. The van der Waals surface area contributed by atoms with Crippen molar-refractivity contribution in [2.75, 3.05) is 19.6 Å². The van der Waals surface area contributed by atoms with Gasteiger partial charge >= 0.3 is 0 Å². The Bertz CT molecular complexity index is 564. The van der Waals surface area contributed by atoms with Crippen molar-refractivity contribution >= 4 is 12.4 Å². The highest BCUT2D eigenvalue weighted by Gasteiger charge is 2.17. The molecule has 0 radical (unpaired) electrons. The Balaban J connectivity index is 0.00000161. The Labute approximate surface area is 132 Å². The number of aromatic nitrogens is 2. The minimum absolute atomic E-state index is 0. The number of aromatic amines is 1. The first-order valence-electron chi connectivity index (χ1n) is 7.27. The summed E-state index contributed by atoms with van der Waals surface area (Å²) < 4.78 is 0. The summed E-state index contributed by atoms with van der Waals surface area (Å²) in [5.74, 6) is 0. The zero-order chi connectivity index (χ0) is 13.9. The van der Waals surface area contributed by atoms with Crippen LogP contribution < -0.4 is 5.32 Å². The number of piperazine rings is 1. The zero-order valence-electron chi connectivity index (χ0n) is 12.6. The summed E-state index contributed by atoms with van der Waals surface area (Å²) in [5, 5.41) is 10.9. The lowest BCUT2D eigenvalue weighted by molar-refractivity contribution is 0.200. The number of hydrogen-bond acceptors (Lipinski definition) is 3. The summed E-state index contributed by atoms with van der Waals surface area (Å²) >= 11 is 0. The minimum atomic E-state index is 0. The largest absolute Gasteiger partial charge is 0.312 e. The summed E-state index contributed by atoms with van der Waals surface area (Å²) in [7, 11) is 0. The number of hydrogen-bond donors (Lipinski definition) is 2. The second-order valence-corrected chi connectivity index (χ2v) is 5.73. The van der Waals surface area contributed by atoms with E-state index < -0.39 is 0 Å². The molecule has 2 aromatic rings. The molecule has 5 heteroatoms. The fourth-order valence-corrected chi connectivity index (χ4v) is 2.80. The normalized spacial score (nSPS) is 19.2. The predicted octanol–water partition coefficient (Wildman–Crippen LogP) is 2.60. The third kappa shape index (κ3) is 3.84. The predicted molar refractivity (Wildman–Crippen MR) is 88.8 cm³/mol. The molecule has 2 heterocycles. The van der Waals surface area contributed by atoms with Gasteiger partial charge in [0.15, 0.2) is 0 Å². The highest BCUT2D eigenvalue weighted by atomic mass is 35.5. The van der Waals surface area contributed by atoms with Crippen molar-refractivity contribution in [1.29, 1.82) is 0 Å². The molecule has 1 fully saturated rings. The van der Waals surface area contributed by atoms with Gasteiger partial charge in [0.1, 0.15) is 0 Å². The van der Waals surface area contributed by atoms with E-state index >= 15 is 0 Å². The van der Waals surface area contributed by atoms with Gasteiger partial charge in [0.05, 0.1) is 11.9 Å². The van der Waals surface area contributed by atoms with E-state index in [2.05, 4.69) is 58.5 Å². The first-order valence-corrected chi connectivity index (χ1v) is 7.27. The standard InChI is InChI=1S/C16H22N4.ClH/c1-12-3-5-14(6-4-12)16-15(9-18-19-16)11-20-8-7-17-13(2)10-20;/h3-6,9,13,17H,7-8,10-11H2,1-2H3,(H,18,19);1H. The van der Waals surface area contributed by atoms with Crippen LogP contribution >= 0.6 is 12.4 Å². The van der Waals surface area contributed by atoms with E-state index in [1.807, 2.05) is 6.20 Å². The molecule has 4 nitrogen and oxygen atoms in total. The third-order valence-corrected chi connectivity index (χ3v) is 3.90. The van der Waals surface area contributed by atoms with Crippen LogP contribution in [0.15, 0.2) is 30.5 Å². The highest BCUT2D eigenvalue weighted by molar-refractivity contribution is 5.85. The minimum Gasteiger partial charge on any atom is -0.312 e. The van der Waals surface area contributed by atoms with Gasteiger partial charge in [-0.15, -0.1) is 12.4 Å². The Hall–Kier alpha value is -1.36. The molecule has 0 spiro atoms. The van der Waals surface area contributed by atoms with E-state index in [4.69, 9.17) is 0 Å². The molecule has 2 N–H and O–H groups in total.